The highest BCUT2D eigenvalue weighted by Gasteiger charge is 2.49. The van der Waals surface area contributed by atoms with E-state index in [2.05, 4.69) is 33.8 Å². The van der Waals surface area contributed by atoms with Crippen molar-refractivity contribution < 1.29 is 5.11 Å². The number of hydrogen-bond donors (Lipinski definition) is 1. The molecule has 1 nitrogen and oxygen atoms in total. The molecule has 0 aliphatic heterocycles. The summed E-state index contributed by atoms with van der Waals surface area (Å²) in [6, 6.07) is 0. The van der Waals surface area contributed by atoms with Gasteiger partial charge in [0.15, 0.2) is 0 Å². The minimum Gasteiger partial charge on any atom is -0.390 e. The molecular formula is C15H28O. The first-order valence-corrected chi connectivity index (χ1v) is 6.63. The standard InChI is InChI=1S/C15H28O/c1-12(2)8-6-7-9-13-10-11-15(5,16)14(13,3)4/h8,13,16H,6-7,9-11H2,1-5H3. The van der Waals surface area contributed by atoms with Gasteiger partial charge in [0.2, 0.25) is 0 Å². The third-order valence-electron chi connectivity index (χ3n) is 4.70. The van der Waals surface area contributed by atoms with E-state index < -0.39 is 5.60 Å². The molecule has 0 aromatic heterocycles. The summed E-state index contributed by atoms with van der Waals surface area (Å²) < 4.78 is 0. The predicted molar refractivity (Wildman–Crippen MR) is 70.4 cm³/mol. The Balaban J connectivity index is 2.42. The molecule has 1 rings (SSSR count). The van der Waals surface area contributed by atoms with Gasteiger partial charge in [-0.05, 0) is 64.2 Å². The summed E-state index contributed by atoms with van der Waals surface area (Å²) >= 11 is 0. The van der Waals surface area contributed by atoms with E-state index in [1.165, 1.54) is 31.3 Å². The summed E-state index contributed by atoms with van der Waals surface area (Å²) in [5, 5.41) is 10.3. The van der Waals surface area contributed by atoms with E-state index in [4.69, 9.17) is 0 Å². The van der Waals surface area contributed by atoms with Gasteiger partial charge in [0.05, 0.1) is 5.60 Å². The largest absolute Gasteiger partial charge is 0.390 e. The van der Waals surface area contributed by atoms with Crippen LogP contribution >= 0.6 is 0 Å². The maximum Gasteiger partial charge on any atom is 0.0673 e. The van der Waals surface area contributed by atoms with Crippen LogP contribution in [0.15, 0.2) is 11.6 Å². The van der Waals surface area contributed by atoms with E-state index in [9.17, 15) is 5.11 Å². The highest BCUT2D eigenvalue weighted by molar-refractivity contribution is 5.01. The van der Waals surface area contributed by atoms with Crippen LogP contribution in [0.25, 0.3) is 0 Å². The average molecular weight is 224 g/mol. The number of rotatable bonds is 4. The zero-order valence-electron chi connectivity index (χ0n) is 11.6. The van der Waals surface area contributed by atoms with Crippen LogP contribution in [0.1, 0.15) is 66.7 Å². The Labute approximate surface area is 101 Å². The van der Waals surface area contributed by atoms with Crippen LogP contribution < -0.4 is 0 Å². The molecule has 1 saturated carbocycles. The van der Waals surface area contributed by atoms with E-state index in [1.54, 1.807) is 0 Å². The molecule has 2 unspecified atom stereocenters. The lowest BCUT2D eigenvalue weighted by atomic mass is 9.72. The van der Waals surface area contributed by atoms with E-state index in [-0.39, 0.29) is 5.41 Å². The monoisotopic (exact) mass is 224 g/mol. The van der Waals surface area contributed by atoms with Crippen LogP contribution in [0.5, 0.6) is 0 Å². The first-order chi connectivity index (χ1) is 7.27. The third-order valence-corrected chi connectivity index (χ3v) is 4.70. The second-order valence-electron chi connectivity index (χ2n) is 6.44. The molecule has 94 valence electrons. The van der Waals surface area contributed by atoms with Gasteiger partial charge in [-0.2, -0.15) is 0 Å². The molecule has 0 aromatic carbocycles. The Morgan fingerprint density at radius 1 is 1.31 bits per heavy atom. The highest BCUT2D eigenvalue weighted by Crippen LogP contribution is 2.51. The van der Waals surface area contributed by atoms with Gasteiger partial charge in [-0.3, -0.25) is 0 Å². The lowest BCUT2D eigenvalue weighted by Crippen LogP contribution is -2.39. The van der Waals surface area contributed by atoms with Gasteiger partial charge in [0.1, 0.15) is 0 Å². The van der Waals surface area contributed by atoms with Crippen molar-refractivity contribution in [3.8, 4) is 0 Å². The van der Waals surface area contributed by atoms with E-state index in [1.807, 2.05) is 6.92 Å². The average Bonchev–Trinajstić information content (AvgIpc) is 2.33. The van der Waals surface area contributed by atoms with Gasteiger partial charge in [0.25, 0.3) is 0 Å². The molecule has 2 atom stereocenters. The minimum atomic E-state index is -0.464. The molecule has 16 heavy (non-hydrogen) atoms. The van der Waals surface area contributed by atoms with Gasteiger partial charge in [-0.15, -0.1) is 0 Å². The Hall–Kier alpha value is -0.300. The van der Waals surface area contributed by atoms with Crippen molar-refractivity contribution in [2.75, 3.05) is 0 Å². The summed E-state index contributed by atoms with van der Waals surface area (Å²) in [7, 11) is 0. The molecule has 1 heteroatoms. The molecule has 0 aromatic rings. The molecule has 1 aliphatic rings. The van der Waals surface area contributed by atoms with Gasteiger partial charge in [-0.25, -0.2) is 0 Å². The zero-order chi connectivity index (χ0) is 12.4. The van der Waals surface area contributed by atoms with Gasteiger partial charge in [0, 0.05) is 0 Å². The van der Waals surface area contributed by atoms with Crippen molar-refractivity contribution in [1.82, 2.24) is 0 Å². The second kappa shape index (κ2) is 4.91. The Bertz CT molecular complexity index is 257. The van der Waals surface area contributed by atoms with E-state index >= 15 is 0 Å². The molecule has 1 N–H and O–H groups in total. The van der Waals surface area contributed by atoms with E-state index in [0.29, 0.717) is 5.92 Å². The summed E-state index contributed by atoms with van der Waals surface area (Å²) in [6.45, 7) is 10.8. The lowest BCUT2D eigenvalue weighted by Gasteiger charge is -2.37. The molecule has 0 bridgehead atoms. The van der Waals surface area contributed by atoms with Crippen molar-refractivity contribution in [3.63, 3.8) is 0 Å². The maximum absolute atomic E-state index is 10.3. The minimum absolute atomic E-state index is 0.0813. The van der Waals surface area contributed by atoms with Crippen molar-refractivity contribution >= 4 is 0 Å². The zero-order valence-corrected chi connectivity index (χ0v) is 11.6. The van der Waals surface area contributed by atoms with Crippen molar-refractivity contribution in [3.05, 3.63) is 11.6 Å². The van der Waals surface area contributed by atoms with Crippen LogP contribution in [-0.4, -0.2) is 10.7 Å². The topological polar surface area (TPSA) is 20.2 Å². The lowest BCUT2D eigenvalue weighted by molar-refractivity contribution is -0.0437. The summed E-state index contributed by atoms with van der Waals surface area (Å²) in [5.74, 6) is 0.688. The summed E-state index contributed by atoms with van der Waals surface area (Å²) in [4.78, 5) is 0. The molecule has 0 saturated heterocycles. The first-order valence-electron chi connectivity index (χ1n) is 6.63. The van der Waals surface area contributed by atoms with Crippen molar-refractivity contribution in [1.29, 1.82) is 0 Å². The number of unbranched alkanes of at least 4 members (excludes halogenated alkanes) is 1. The molecule has 0 heterocycles. The van der Waals surface area contributed by atoms with Crippen molar-refractivity contribution in [2.24, 2.45) is 11.3 Å². The third kappa shape index (κ3) is 2.88. The first kappa shape index (κ1) is 13.8. The SMILES string of the molecule is CC(C)=CCCCC1CCC(C)(O)C1(C)C. The molecule has 0 radical (unpaired) electrons. The quantitative estimate of drug-likeness (QED) is 0.557. The van der Waals surface area contributed by atoms with Crippen LogP contribution in [0.2, 0.25) is 0 Å². The molecule has 1 fully saturated rings. The Morgan fingerprint density at radius 3 is 2.38 bits per heavy atom. The highest BCUT2D eigenvalue weighted by atomic mass is 16.3. The summed E-state index contributed by atoms with van der Waals surface area (Å²) in [6.07, 6.45) is 8.18. The van der Waals surface area contributed by atoms with Crippen molar-refractivity contribution in [2.45, 2.75) is 72.3 Å². The van der Waals surface area contributed by atoms with Gasteiger partial charge >= 0.3 is 0 Å². The smallest absolute Gasteiger partial charge is 0.0673 e. The fourth-order valence-electron chi connectivity index (χ4n) is 2.84. The molecular weight excluding hydrogens is 196 g/mol. The predicted octanol–water partition coefficient (Wildman–Crippen LogP) is 4.31. The Morgan fingerprint density at radius 2 is 1.94 bits per heavy atom. The van der Waals surface area contributed by atoms with E-state index in [0.717, 1.165) is 6.42 Å². The molecule has 0 spiro atoms. The molecule has 1 aliphatic carbocycles. The van der Waals surface area contributed by atoms with Crippen LogP contribution in [-0.2, 0) is 0 Å². The van der Waals surface area contributed by atoms with Crippen LogP contribution in [0, 0.1) is 11.3 Å². The van der Waals surface area contributed by atoms with Gasteiger partial charge in [-0.1, -0.05) is 25.5 Å². The fraction of sp³-hybridized carbons (Fsp3) is 0.867. The normalized spacial score (nSPS) is 32.8. The van der Waals surface area contributed by atoms with Crippen LogP contribution in [0.4, 0.5) is 0 Å². The number of hydrogen-bond acceptors (Lipinski definition) is 1. The van der Waals surface area contributed by atoms with Crippen LogP contribution in [0.3, 0.4) is 0 Å². The second-order valence-corrected chi connectivity index (χ2v) is 6.44. The fourth-order valence-corrected chi connectivity index (χ4v) is 2.84. The molecule has 0 amide bonds. The summed E-state index contributed by atoms with van der Waals surface area (Å²) in [5.41, 5.74) is 1.03. The maximum atomic E-state index is 10.3. The Kier molecular flexibility index (Phi) is 4.23. The number of allylic oxidation sites excluding steroid dienone is 2. The number of aliphatic hydroxyl groups is 1. The van der Waals surface area contributed by atoms with Gasteiger partial charge < -0.3 is 5.11 Å².